The number of aliphatic hydroxyl groups is 1. The monoisotopic (exact) mass is 310 g/mol. The number of likely N-dealkylation sites (tertiary alicyclic amines) is 1. The van der Waals surface area contributed by atoms with E-state index < -0.39 is 5.54 Å². The molecule has 22 heavy (non-hydrogen) atoms. The molecule has 2 atom stereocenters. The zero-order valence-corrected chi connectivity index (χ0v) is 13.7. The third kappa shape index (κ3) is 2.57. The average Bonchev–Trinajstić information content (AvgIpc) is 2.55. The second kappa shape index (κ2) is 6.10. The van der Waals surface area contributed by atoms with Crippen LogP contribution < -0.4 is 5.73 Å². The highest BCUT2D eigenvalue weighted by atomic mass is 16.5. The van der Waals surface area contributed by atoms with Crippen LogP contribution in [0.3, 0.4) is 0 Å². The van der Waals surface area contributed by atoms with Crippen LogP contribution in [0.1, 0.15) is 58.3 Å². The quantitative estimate of drug-likeness (QED) is 0.827. The summed E-state index contributed by atoms with van der Waals surface area (Å²) in [6.07, 6.45) is 7.24. The van der Waals surface area contributed by atoms with Gasteiger partial charge in [-0.3, -0.25) is 4.79 Å². The molecule has 2 saturated carbocycles. The Hall–Kier alpha value is -0.650. The fraction of sp³-hybridized carbons (Fsp3) is 0.941. The third-order valence-corrected chi connectivity index (χ3v) is 6.26. The van der Waals surface area contributed by atoms with Gasteiger partial charge < -0.3 is 20.5 Å². The first-order valence-electron chi connectivity index (χ1n) is 8.90. The fourth-order valence-electron chi connectivity index (χ4n) is 4.65. The predicted molar refractivity (Wildman–Crippen MR) is 84.3 cm³/mol. The molecule has 1 amide bonds. The zero-order valence-electron chi connectivity index (χ0n) is 13.7. The van der Waals surface area contributed by atoms with Crippen LogP contribution in [0.15, 0.2) is 0 Å². The number of hydrogen-bond donors (Lipinski definition) is 2. The van der Waals surface area contributed by atoms with E-state index >= 15 is 0 Å². The highest BCUT2D eigenvalue weighted by molar-refractivity contribution is 5.86. The lowest BCUT2D eigenvalue weighted by atomic mass is 9.58. The van der Waals surface area contributed by atoms with Crippen molar-refractivity contribution >= 4 is 5.91 Å². The van der Waals surface area contributed by atoms with Crippen molar-refractivity contribution in [2.75, 3.05) is 19.7 Å². The molecule has 5 heteroatoms. The number of amides is 1. The molecule has 3 aliphatic rings. The first-order chi connectivity index (χ1) is 10.5. The van der Waals surface area contributed by atoms with E-state index in [1.54, 1.807) is 0 Å². The Morgan fingerprint density at radius 1 is 1.23 bits per heavy atom. The lowest BCUT2D eigenvalue weighted by Crippen LogP contribution is -2.65. The lowest BCUT2D eigenvalue weighted by Gasteiger charge is -2.57. The molecule has 0 radical (unpaired) electrons. The second-order valence-corrected chi connectivity index (χ2v) is 7.44. The number of carbonyl (C=O) groups excluding carboxylic acids is 1. The van der Waals surface area contributed by atoms with Crippen LogP contribution in [0.4, 0.5) is 0 Å². The van der Waals surface area contributed by atoms with Crippen LogP contribution in [0.5, 0.6) is 0 Å². The smallest absolute Gasteiger partial charge is 0.242 e. The fourth-order valence-corrected chi connectivity index (χ4v) is 4.65. The highest BCUT2D eigenvalue weighted by Crippen LogP contribution is 2.51. The van der Waals surface area contributed by atoms with Crippen LogP contribution >= 0.6 is 0 Å². The number of hydrogen-bond acceptors (Lipinski definition) is 4. The van der Waals surface area contributed by atoms with Gasteiger partial charge >= 0.3 is 0 Å². The summed E-state index contributed by atoms with van der Waals surface area (Å²) in [6.45, 7) is 4.10. The molecule has 0 aromatic rings. The van der Waals surface area contributed by atoms with E-state index in [-0.39, 0.29) is 23.5 Å². The molecule has 0 aromatic carbocycles. The molecule has 1 saturated heterocycles. The molecule has 5 nitrogen and oxygen atoms in total. The number of ether oxygens (including phenoxy) is 1. The Morgan fingerprint density at radius 3 is 2.41 bits per heavy atom. The van der Waals surface area contributed by atoms with Crippen LogP contribution in [-0.4, -0.2) is 53.4 Å². The van der Waals surface area contributed by atoms with E-state index in [1.807, 2.05) is 11.8 Å². The highest BCUT2D eigenvalue weighted by Gasteiger charge is 2.56. The standard InChI is InChI=1S/C17H30N2O3/c1-2-22-14-12-13(20)16(14)8-10-19(11-9-16)15(21)17(18)6-4-3-5-7-17/h13-14,20H,2-12,18H2,1H3/t13-,14+/m1/s1. The van der Waals surface area contributed by atoms with Crippen LogP contribution in [-0.2, 0) is 9.53 Å². The van der Waals surface area contributed by atoms with Crippen molar-refractivity contribution in [1.82, 2.24) is 4.90 Å². The predicted octanol–water partition coefficient (Wildman–Crippen LogP) is 1.43. The molecule has 0 aromatic heterocycles. The normalized spacial score (nSPS) is 33.5. The molecule has 1 aliphatic heterocycles. The van der Waals surface area contributed by atoms with Gasteiger partial charge in [-0.2, -0.15) is 0 Å². The van der Waals surface area contributed by atoms with Gasteiger partial charge in [-0.05, 0) is 32.6 Å². The van der Waals surface area contributed by atoms with Crippen molar-refractivity contribution in [3.63, 3.8) is 0 Å². The maximum absolute atomic E-state index is 12.8. The Morgan fingerprint density at radius 2 is 1.86 bits per heavy atom. The summed E-state index contributed by atoms with van der Waals surface area (Å²) in [7, 11) is 0. The topological polar surface area (TPSA) is 75.8 Å². The van der Waals surface area contributed by atoms with Gasteiger partial charge in [0.05, 0.1) is 17.7 Å². The van der Waals surface area contributed by atoms with E-state index in [0.29, 0.717) is 19.7 Å². The first kappa shape index (κ1) is 16.2. The molecule has 1 spiro atoms. The van der Waals surface area contributed by atoms with Crippen molar-refractivity contribution < 1.29 is 14.6 Å². The van der Waals surface area contributed by atoms with E-state index in [9.17, 15) is 9.90 Å². The van der Waals surface area contributed by atoms with Crippen molar-refractivity contribution in [2.24, 2.45) is 11.1 Å². The SMILES string of the molecule is CCO[C@H]1C[C@@H](O)C12CCN(C(=O)C1(N)CCCCC1)CC2. The van der Waals surface area contributed by atoms with Crippen molar-refractivity contribution in [3.8, 4) is 0 Å². The second-order valence-electron chi connectivity index (χ2n) is 7.44. The Kier molecular flexibility index (Phi) is 4.49. The number of nitrogens with two attached hydrogens (primary N) is 1. The summed E-state index contributed by atoms with van der Waals surface area (Å²) in [5.41, 5.74) is 5.62. The zero-order chi connectivity index (χ0) is 15.8. The molecule has 126 valence electrons. The Balaban J connectivity index is 1.60. The molecule has 1 heterocycles. The van der Waals surface area contributed by atoms with Crippen molar-refractivity contribution in [1.29, 1.82) is 0 Å². The minimum atomic E-state index is -0.639. The van der Waals surface area contributed by atoms with Gasteiger partial charge in [0.2, 0.25) is 5.91 Å². The van der Waals surface area contributed by atoms with Gasteiger partial charge in [0.25, 0.3) is 0 Å². The minimum absolute atomic E-state index is 0.124. The van der Waals surface area contributed by atoms with E-state index in [2.05, 4.69) is 0 Å². The van der Waals surface area contributed by atoms with Crippen molar-refractivity contribution in [3.05, 3.63) is 0 Å². The molecular weight excluding hydrogens is 280 g/mol. The molecular formula is C17H30N2O3. The lowest BCUT2D eigenvalue weighted by molar-refractivity contribution is -0.210. The maximum Gasteiger partial charge on any atom is 0.242 e. The molecule has 3 rings (SSSR count). The first-order valence-corrected chi connectivity index (χ1v) is 8.90. The molecule has 3 fully saturated rings. The van der Waals surface area contributed by atoms with E-state index in [1.165, 1.54) is 6.42 Å². The summed E-state index contributed by atoms with van der Waals surface area (Å²) >= 11 is 0. The number of rotatable bonds is 3. The third-order valence-electron chi connectivity index (χ3n) is 6.26. The van der Waals surface area contributed by atoms with Crippen molar-refractivity contribution in [2.45, 2.75) is 76.0 Å². The van der Waals surface area contributed by atoms with Gasteiger partial charge in [-0.15, -0.1) is 0 Å². The summed E-state index contributed by atoms with van der Waals surface area (Å²) < 4.78 is 5.79. The molecule has 0 bridgehead atoms. The molecule has 0 unspecified atom stereocenters. The average molecular weight is 310 g/mol. The molecule has 2 aliphatic carbocycles. The van der Waals surface area contributed by atoms with Gasteiger partial charge in [0.1, 0.15) is 0 Å². The van der Waals surface area contributed by atoms with E-state index in [0.717, 1.165) is 44.9 Å². The number of carbonyl (C=O) groups is 1. The van der Waals surface area contributed by atoms with Gasteiger partial charge in [-0.1, -0.05) is 19.3 Å². The number of piperidine rings is 1. The summed E-state index contributed by atoms with van der Waals surface area (Å²) in [5.74, 6) is 0.129. The van der Waals surface area contributed by atoms with Gasteiger partial charge in [0.15, 0.2) is 0 Å². The number of nitrogens with zero attached hydrogens (tertiary/aromatic N) is 1. The summed E-state index contributed by atoms with van der Waals surface area (Å²) in [6, 6.07) is 0. The van der Waals surface area contributed by atoms with E-state index in [4.69, 9.17) is 10.5 Å². The number of aliphatic hydroxyl groups excluding tert-OH is 1. The Bertz CT molecular complexity index is 410. The largest absolute Gasteiger partial charge is 0.392 e. The van der Waals surface area contributed by atoms with Crippen LogP contribution in [0, 0.1) is 5.41 Å². The minimum Gasteiger partial charge on any atom is -0.392 e. The molecule has 3 N–H and O–H groups in total. The Labute approximate surface area is 133 Å². The summed E-state index contributed by atoms with van der Waals surface area (Å²) in [5, 5.41) is 10.2. The van der Waals surface area contributed by atoms with Crippen LogP contribution in [0.2, 0.25) is 0 Å². The van der Waals surface area contributed by atoms with Gasteiger partial charge in [-0.25, -0.2) is 0 Å². The van der Waals surface area contributed by atoms with Gasteiger partial charge in [0, 0.05) is 31.5 Å². The van der Waals surface area contributed by atoms with Crippen LogP contribution in [0.25, 0.3) is 0 Å². The maximum atomic E-state index is 12.8. The summed E-state index contributed by atoms with van der Waals surface area (Å²) in [4.78, 5) is 14.7.